The molecule has 0 aliphatic heterocycles. The van der Waals surface area contributed by atoms with Gasteiger partial charge in [0.15, 0.2) is 0 Å². The van der Waals surface area contributed by atoms with E-state index in [2.05, 4.69) is 5.32 Å². The molecule has 1 aromatic carbocycles. The highest BCUT2D eigenvalue weighted by Crippen LogP contribution is 2.28. The number of anilines is 1. The Morgan fingerprint density at radius 1 is 1.35 bits per heavy atom. The Morgan fingerprint density at radius 2 is 2.00 bits per heavy atom. The minimum Gasteiger partial charge on any atom is -0.328 e. The third-order valence-electron chi connectivity index (χ3n) is 3.56. The molecule has 108 valence electrons. The Kier molecular flexibility index (Phi) is 4.29. The number of nitrogens with zero attached hydrogens (tertiary/aromatic N) is 1. The van der Waals surface area contributed by atoms with Crippen LogP contribution in [0.25, 0.3) is 0 Å². The van der Waals surface area contributed by atoms with E-state index in [1.807, 2.05) is 0 Å². The van der Waals surface area contributed by atoms with Gasteiger partial charge in [0, 0.05) is 24.1 Å². The van der Waals surface area contributed by atoms with E-state index >= 15 is 0 Å². The van der Waals surface area contributed by atoms with Gasteiger partial charge in [0.05, 0.1) is 4.92 Å². The molecule has 1 amide bonds. The number of nitrogens with two attached hydrogens (primary N) is 1. The lowest BCUT2D eigenvalue weighted by molar-refractivity contribution is -0.384. The Morgan fingerprint density at radius 3 is 2.60 bits per heavy atom. The van der Waals surface area contributed by atoms with Gasteiger partial charge in [-0.25, -0.2) is 4.39 Å². The molecule has 3 N–H and O–H groups in total. The fourth-order valence-corrected chi connectivity index (χ4v) is 2.38. The molecule has 0 aromatic heterocycles. The van der Waals surface area contributed by atoms with Crippen LogP contribution in [0.1, 0.15) is 25.7 Å². The maximum Gasteiger partial charge on any atom is 0.292 e. The predicted octanol–water partition coefficient (Wildman–Crippen LogP) is 2.19. The number of hydrogen-bond donors (Lipinski definition) is 2. The Balaban J connectivity index is 2.11. The third kappa shape index (κ3) is 3.30. The molecule has 0 unspecified atom stereocenters. The molecule has 1 aliphatic rings. The summed E-state index contributed by atoms with van der Waals surface area (Å²) in [7, 11) is 0. The van der Waals surface area contributed by atoms with Crippen LogP contribution in [0.5, 0.6) is 0 Å². The van der Waals surface area contributed by atoms with E-state index in [0.717, 1.165) is 31.0 Å². The number of amides is 1. The zero-order valence-electron chi connectivity index (χ0n) is 10.8. The second-order valence-corrected chi connectivity index (χ2v) is 5.02. The summed E-state index contributed by atoms with van der Waals surface area (Å²) in [4.78, 5) is 22.3. The minimum absolute atomic E-state index is 0.102. The van der Waals surface area contributed by atoms with E-state index < -0.39 is 10.7 Å². The number of halogens is 1. The van der Waals surface area contributed by atoms with Crippen molar-refractivity contribution in [3.63, 3.8) is 0 Å². The predicted molar refractivity (Wildman–Crippen MR) is 71.6 cm³/mol. The first-order valence-corrected chi connectivity index (χ1v) is 6.47. The quantitative estimate of drug-likeness (QED) is 0.655. The monoisotopic (exact) mass is 281 g/mol. The molecule has 6 nitrogen and oxygen atoms in total. The SMILES string of the molecule is NC1CCC(C(=O)Nc2cc(F)ccc2[N+](=O)[O-])CC1. The van der Waals surface area contributed by atoms with Crippen molar-refractivity contribution in [2.24, 2.45) is 11.7 Å². The van der Waals surface area contributed by atoms with Crippen molar-refractivity contribution < 1.29 is 14.1 Å². The summed E-state index contributed by atoms with van der Waals surface area (Å²) in [6, 6.07) is 3.11. The van der Waals surface area contributed by atoms with Gasteiger partial charge in [-0.1, -0.05) is 0 Å². The summed E-state index contributed by atoms with van der Waals surface area (Å²) < 4.78 is 13.2. The highest BCUT2D eigenvalue weighted by Gasteiger charge is 2.26. The molecule has 1 aromatic rings. The van der Waals surface area contributed by atoms with Crippen molar-refractivity contribution in [1.82, 2.24) is 0 Å². The van der Waals surface area contributed by atoms with Gasteiger partial charge in [0.25, 0.3) is 5.69 Å². The molecule has 2 rings (SSSR count). The van der Waals surface area contributed by atoms with E-state index in [0.29, 0.717) is 12.8 Å². The van der Waals surface area contributed by atoms with Gasteiger partial charge in [-0.2, -0.15) is 0 Å². The smallest absolute Gasteiger partial charge is 0.292 e. The standard InChI is InChI=1S/C13H16FN3O3/c14-9-3-6-12(17(19)20)11(7-9)16-13(18)8-1-4-10(15)5-2-8/h3,6-8,10H,1-2,4-5,15H2,(H,16,18). The molecule has 1 fully saturated rings. The maximum absolute atomic E-state index is 13.2. The van der Waals surface area contributed by atoms with Gasteiger partial charge in [-0.3, -0.25) is 14.9 Å². The number of nitro groups is 1. The van der Waals surface area contributed by atoms with Gasteiger partial charge in [-0.05, 0) is 31.7 Å². The molecular weight excluding hydrogens is 265 g/mol. The molecule has 0 saturated heterocycles. The van der Waals surface area contributed by atoms with Crippen molar-refractivity contribution in [2.45, 2.75) is 31.7 Å². The first kappa shape index (κ1) is 14.4. The highest BCUT2D eigenvalue weighted by molar-refractivity contribution is 5.94. The molecule has 0 bridgehead atoms. The van der Waals surface area contributed by atoms with Crippen LogP contribution in [0.2, 0.25) is 0 Å². The Labute approximate surface area is 115 Å². The molecule has 0 atom stereocenters. The van der Waals surface area contributed by atoms with Gasteiger partial charge in [0.2, 0.25) is 5.91 Å². The van der Waals surface area contributed by atoms with Gasteiger partial charge >= 0.3 is 0 Å². The van der Waals surface area contributed by atoms with Crippen molar-refractivity contribution in [1.29, 1.82) is 0 Å². The van der Waals surface area contributed by atoms with Crippen LogP contribution in [0.3, 0.4) is 0 Å². The fraction of sp³-hybridized carbons (Fsp3) is 0.462. The Hall–Kier alpha value is -2.02. The van der Waals surface area contributed by atoms with E-state index in [1.165, 1.54) is 0 Å². The largest absolute Gasteiger partial charge is 0.328 e. The Bertz CT molecular complexity index is 528. The van der Waals surface area contributed by atoms with Crippen molar-refractivity contribution in [2.75, 3.05) is 5.32 Å². The summed E-state index contributed by atoms with van der Waals surface area (Å²) >= 11 is 0. The number of nitro benzene ring substituents is 1. The molecule has 0 heterocycles. The van der Waals surface area contributed by atoms with E-state index in [4.69, 9.17) is 5.73 Å². The minimum atomic E-state index is -0.647. The summed E-state index contributed by atoms with van der Waals surface area (Å²) in [6.45, 7) is 0. The lowest BCUT2D eigenvalue weighted by atomic mass is 9.86. The molecule has 0 radical (unpaired) electrons. The van der Waals surface area contributed by atoms with Crippen LogP contribution in [0.15, 0.2) is 18.2 Å². The molecule has 1 saturated carbocycles. The summed E-state index contributed by atoms with van der Waals surface area (Å²) in [5, 5.41) is 13.3. The number of nitrogens with one attached hydrogen (secondary N) is 1. The fourth-order valence-electron chi connectivity index (χ4n) is 2.38. The van der Waals surface area contributed by atoms with Gasteiger partial charge in [-0.15, -0.1) is 0 Å². The number of hydrogen-bond acceptors (Lipinski definition) is 4. The highest BCUT2D eigenvalue weighted by atomic mass is 19.1. The molecule has 20 heavy (non-hydrogen) atoms. The van der Waals surface area contributed by atoms with E-state index in [1.54, 1.807) is 0 Å². The molecule has 1 aliphatic carbocycles. The number of benzene rings is 1. The van der Waals surface area contributed by atoms with Crippen molar-refractivity contribution >= 4 is 17.3 Å². The van der Waals surface area contributed by atoms with Crippen LogP contribution in [0, 0.1) is 21.8 Å². The number of rotatable bonds is 3. The zero-order valence-corrected chi connectivity index (χ0v) is 10.8. The van der Waals surface area contributed by atoms with Gasteiger partial charge < -0.3 is 11.1 Å². The summed E-state index contributed by atoms with van der Waals surface area (Å²) in [5.41, 5.74) is 5.35. The molecular formula is C13H16FN3O3. The molecule has 0 spiro atoms. The normalized spacial score (nSPS) is 22.3. The average molecular weight is 281 g/mol. The summed E-state index contributed by atoms with van der Waals surface area (Å²) in [5.74, 6) is -1.17. The van der Waals surface area contributed by atoms with Crippen molar-refractivity contribution in [3.05, 3.63) is 34.1 Å². The number of carbonyl (C=O) groups excluding carboxylic acids is 1. The second kappa shape index (κ2) is 5.96. The van der Waals surface area contributed by atoms with E-state index in [-0.39, 0.29) is 29.2 Å². The first-order valence-electron chi connectivity index (χ1n) is 6.47. The molecule has 7 heteroatoms. The lowest BCUT2D eigenvalue weighted by Crippen LogP contribution is -2.32. The maximum atomic E-state index is 13.2. The average Bonchev–Trinajstić information content (AvgIpc) is 2.39. The van der Waals surface area contributed by atoms with Crippen LogP contribution >= 0.6 is 0 Å². The van der Waals surface area contributed by atoms with Crippen LogP contribution in [-0.2, 0) is 4.79 Å². The first-order chi connectivity index (χ1) is 9.47. The van der Waals surface area contributed by atoms with Gasteiger partial charge in [0.1, 0.15) is 11.5 Å². The van der Waals surface area contributed by atoms with Crippen LogP contribution < -0.4 is 11.1 Å². The van der Waals surface area contributed by atoms with Crippen LogP contribution in [0.4, 0.5) is 15.8 Å². The number of carbonyl (C=O) groups is 1. The van der Waals surface area contributed by atoms with E-state index in [9.17, 15) is 19.3 Å². The van der Waals surface area contributed by atoms with Crippen molar-refractivity contribution in [3.8, 4) is 0 Å². The second-order valence-electron chi connectivity index (χ2n) is 5.02. The lowest BCUT2D eigenvalue weighted by Gasteiger charge is -2.25. The topological polar surface area (TPSA) is 98.3 Å². The summed E-state index contributed by atoms with van der Waals surface area (Å²) in [6.07, 6.45) is 2.80. The van der Waals surface area contributed by atoms with Crippen LogP contribution in [-0.4, -0.2) is 16.9 Å². The zero-order chi connectivity index (χ0) is 14.7. The third-order valence-corrected chi connectivity index (χ3v) is 3.56.